The molecule has 2 unspecified atom stereocenters. The molecule has 0 bridgehead atoms. The molecule has 1 heterocycles. The van der Waals surface area contributed by atoms with E-state index in [1.807, 2.05) is 0 Å². The van der Waals surface area contributed by atoms with Crippen LogP contribution in [-0.4, -0.2) is 12.6 Å². The lowest BCUT2D eigenvalue weighted by molar-refractivity contribution is 0.515. The van der Waals surface area contributed by atoms with Gasteiger partial charge in [-0.25, -0.2) is 0 Å². The van der Waals surface area contributed by atoms with Gasteiger partial charge in [-0.2, -0.15) is 0 Å². The summed E-state index contributed by atoms with van der Waals surface area (Å²) in [5.74, 6) is 0.595. The van der Waals surface area contributed by atoms with Crippen LogP contribution >= 0.6 is 12.4 Å². The third-order valence-corrected chi connectivity index (χ3v) is 4.49. The van der Waals surface area contributed by atoms with E-state index in [1.165, 1.54) is 36.1 Å². The minimum absolute atomic E-state index is 0. The maximum absolute atomic E-state index is 3.65. The summed E-state index contributed by atoms with van der Waals surface area (Å²) in [5, 5.41) is 3.65. The second-order valence-electron chi connectivity index (χ2n) is 5.85. The first-order valence-corrected chi connectivity index (χ1v) is 7.69. The topological polar surface area (TPSA) is 12.0 Å². The van der Waals surface area contributed by atoms with E-state index in [1.54, 1.807) is 0 Å². The number of nitrogens with one attached hydrogen (secondary N) is 1. The Hall–Kier alpha value is -1.31. The van der Waals surface area contributed by atoms with Gasteiger partial charge in [-0.15, -0.1) is 12.4 Å². The molecule has 1 fully saturated rings. The van der Waals surface area contributed by atoms with Gasteiger partial charge in [0.05, 0.1) is 0 Å². The van der Waals surface area contributed by atoms with Gasteiger partial charge in [0.2, 0.25) is 0 Å². The van der Waals surface area contributed by atoms with Gasteiger partial charge in [0.25, 0.3) is 0 Å². The van der Waals surface area contributed by atoms with Crippen LogP contribution in [0, 0.1) is 0 Å². The highest BCUT2D eigenvalue weighted by Crippen LogP contribution is 2.28. The molecule has 2 aromatic rings. The predicted octanol–water partition coefficient (Wildman–Crippen LogP) is 4.55. The fourth-order valence-electron chi connectivity index (χ4n) is 3.31. The quantitative estimate of drug-likeness (QED) is 0.873. The zero-order valence-corrected chi connectivity index (χ0v) is 13.4. The van der Waals surface area contributed by atoms with Crippen molar-refractivity contribution in [3.8, 4) is 0 Å². The molecule has 1 N–H and O–H groups in total. The van der Waals surface area contributed by atoms with Crippen molar-refractivity contribution in [3.05, 3.63) is 71.3 Å². The van der Waals surface area contributed by atoms with E-state index in [2.05, 4.69) is 66.8 Å². The van der Waals surface area contributed by atoms with Crippen molar-refractivity contribution in [2.24, 2.45) is 0 Å². The highest BCUT2D eigenvalue weighted by Gasteiger charge is 2.23. The second-order valence-corrected chi connectivity index (χ2v) is 5.85. The first kappa shape index (κ1) is 16.1. The van der Waals surface area contributed by atoms with Gasteiger partial charge in [-0.05, 0) is 48.4 Å². The maximum atomic E-state index is 3.65. The highest BCUT2D eigenvalue weighted by molar-refractivity contribution is 5.85. The molecule has 3 rings (SSSR count). The smallest absolute Gasteiger partial charge is 0.0134 e. The van der Waals surface area contributed by atoms with Crippen LogP contribution < -0.4 is 5.32 Å². The molecule has 0 radical (unpaired) electrons. The van der Waals surface area contributed by atoms with E-state index in [4.69, 9.17) is 0 Å². The van der Waals surface area contributed by atoms with Crippen molar-refractivity contribution >= 4 is 12.4 Å². The van der Waals surface area contributed by atoms with E-state index in [9.17, 15) is 0 Å². The lowest BCUT2D eigenvalue weighted by atomic mass is 9.87. The Morgan fingerprint density at radius 3 is 2.48 bits per heavy atom. The largest absolute Gasteiger partial charge is 0.313 e. The summed E-state index contributed by atoms with van der Waals surface area (Å²) in [6, 6.07) is 20.3. The Labute approximate surface area is 134 Å². The molecule has 21 heavy (non-hydrogen) atoms. The van der Waals surface area contributed by atoms with E-state index < -0.39 is 0 Å². The van der Waals surface area contributed by atoms with Gasteiger partial charge in [0.1, 0.15) is 0 Å². The molecule has 1 aliphatic rings. The van der Waals surface area contributed by atoms with E-state index in [0.717, 1.165) is 6.42 Å². The third-order valence-electron chi connectivity index (χ3n) is 4.49. The molecule has 0 amide bonds. The van der Waals surface area contributed by atoms with Gasteiger partial charge in [-0.3, -0.25) is 0 Å². The Morgan fingerprint density at radius 2 is 1.76 bits per heavy atom. The summed E-state index contributed by atoms with van der Waals surface area (Å²) >= 11 is 0. The van der Waals surface area contributed by atoms with Crippen molar-refractivity contribution < 1.29 is 0 Å². The molecule has 112 valence electrons. The molecule has 0 aromatic heterocycles. The van der Waals surface area contributed by atoms with Crippen LogP contribution in [0.15, 0.2) is 54.6 Å². The zero-order chi connectivity index (χ0) is 13.8. The molecule has 2 heteroatoms. The molecular weight excluding hydrogens is 278 g/mol. The van der Waals surface area contributed by atoms with Gasteiger partial charge in [0.15, 0.2) is 0 Å². The standard InChI is InChI=1S/C19H23N.ClH/c1-15(19-12-7-13-20-19)18-11-6-5-10-17(18)14-16-8-3-2-4-9-16;/h2-6,8-11,15,19-20H,7,12-14H2,1H3;1H. The normalized spacial score (nSPS) is 19.0. The number of halogens is 1. The van der Waals surface area contributed by atoms with Crippen molar-refractivity contribution in [1.29, 1.82) is 0 Å². The summed E-state index contributed by atoms with van der Waals surface area (Å²) in [4.78, 5) is 0. The minimum atomic E-state index is 0. The molecule has 1 saturated heterocycles. The summed E-state index contributed by atoms with van der Waals surface area (Å²) in [5.41, 5.74) is 4.38. The van der Waals surface area contributed by atoms with Crippen LogP contribution in [0.4, 0.5) is 0 Å². The molecule has 0 saturated carbocycles. The maximum Gasteiger partial charge on any atom is 0.0134 e. The number of rotatable bonds is 4. The van der Waals surface area contributed by atoms with Gasteiger partial charge in [-0.1, -0.05) is 61.5 Å². The lowest BCUT2D eigenvalue weighted by Gasteiger charge is -2.22. The molecule has 2 aromatic carbocycles. The Kier molecular flexibility index (Phi) is 5.84. The van der Waals surface area contributed by atoms with Crippen LogP contribution in [0.25, 0.3) is 0 Å². The van der Waals surface area contributed by atoms with Crippen LogP contribution in [0.2, 0.25) is 0 Å². The van der Waals surface area contributed by atoms with E-state index in [-0.39, 0.29) is 12.4 Å². The highest BCUT2D eigenvalue weighted by atomic mass is 35.5. The third kappa shape index (κ3) is 3.87. The van der Waals surface area contributed by atoms with Gasteiger partial charge >= 0.3 is 0 Å². The van der Waals surface area contributed by atoms with Crippen molar-refractivity contribution in [2.75, 3.05) is 6.54 Å². The number of benzene rings is 2. The average Bonchev–Trinajstić information content (AvgIpc) is 3.02. The second kappa shape index (κ2) is 7.63. The fourth-order valence-corrected chi connectivity index (χ4v) is 3.31. The lowest BCUT2D eigenvalue weighted by Crippen LogP contribution is -2.27. The van der Waals surface area contributed by atoms with Crippen LogP contribution in [0.1, 0.15) is 42.4 Å². The first-order chi connectivity index (χ1) is 9.84. The average molecular weight is 302 g/mol. The van der Waals surface area contributed by atoms with Crippen LogP contribution in [0.5, 0.6) is 0 Å². The molecule has 0 spiro atoms. The molecule has 2 atom stereocenters. The Balaban J connectivity index is 0.00000161. The van der Waals surface area contributed by atoms with Crippen LogP contribution in [0.3, 0.4) is 0 Å². The summed E-state index contributed by atoms with van der Waals surface area (Å²) in [7, 11) is 0. The number of hydrogen-bond donors (Lipinski definition) is 1. The zero-order valence-electron chi connectivity index (χ0n) is 12.6. The fraction of sp³-hybridized carbons (Fsp3) is 0.368. The molecule has 0 aliphatic carbocycles. The van der Waals surface area contributed by atoms with E-state index in [0.29, 0.717) is 12.0 Å². The molecule has 1 nitrogen and oxygen atoms in total. The van der Waals surface area contributed by atoms with Crippen LogP contribution in [-0.2, 0) is 6.42 Å². The van der Waals surface area contributed by atoms with E-state index >= 15 is 0 Å². The Morgan fingerprint density at radius 1 is 1.05 bits per heavy atom. The van der Waals surface area contributed by atoms with Gasteiger partial charge < -0.3 is 5.32 Å². The van der Waals surface area contributed by atoms with Crippen molar-refractivity contribution in [1.82, 2.24) is 5.32 Å². The monoisotopic (exact) mass is 301 g/mol. The Bertz CT molecular complexity index is 547. The number of hydrogen-bond acceptors (Lipinski definition) is 1. The first-order valence-electron chi connectivity index (χ1n) is 7.69. The van der Waals surface area contributed by atoms with Crippen molar-refractivity contribution in [2.45, 2.75) is 38.1 Å². The SMILES string of the molecule is CC(c1ccccc1Cc1ccccc1)C1CCCN1.Cl. The van der Waals surface area contributed by atoms with Crippen molar-refractivity contribution in [3.63, 3.8) is 0 Å². The predicted molar refractivity (Wildman–Crippen MR) is 92.4 cm³/mol. The molecular formula is C19H24ClN. The summed E-state index contributed by atoms with van der Waals surface area (Å²) in [6.45, 7) is 3.54. The summed E-state index contributed by atoms with van der Waals surface area (Å²) in [6.07, 6.45) is 3.66. The minimum Gasteiger partial charge on any atom is -0.313 e. The van der Waals surface area contributed by atoms with Gasteiger partial charge in [0, 0.05) is 6.04 Å². The molecule has 1 aliphatic heterocycles. The summed E-state index contributed by atoms with van der Waals surface area (Å²) < 4.78 is 0.